The number of carbonyl (C=O) groups is 7. The van der Waals surface area contributed by atoms with Crippen molar-refractivity contribution in [2.45, 2.75) is 0 Å². The van der Waals surface area contributed by atoms with E-state index in [-0.39, 0.29) is 33.4 Å². The van der Waals surface area contributed by atoms with Crippen molar-refractivity contribution >= 4 is 42.0 Å². The highest BCUT2D eigenvalue weighted by atomic mass is 16.8. The molecule has 12 nitrogen and oxygen atoms in total. The lowest BCUT2D eigenvalue weighted by Crippen LogP contribution is -2.17. The lowest BCUT2D eigenvalue weighted by molar-refractivity contribution is -0.0224. The van der Waals surface area contributed by atoms with Crippen LogP contribution in [-0.4, -0.2) is 48.8 Å². The molecule has 2 aliphatic heterocycles. The zero-order chi connectivity index (χ0) is 23.0. The van der Waals surface area contributed by atoms with Crippen molar-refractivity contribution in [3.05, 3.63) is 69.8 Å². The molecule has 0 bridgehead atoms. The third-order valence-corrected chi connectivity index (χ3v) is 4.30. The molecule has 4 rings (SSSR count). The Kier molecular flexibility index (Phi) is 4.94. The summed E-state index contributed by atoms with van der Waals surface area (Å²) in [6.45, 7) is -0.934. The molecule has 0 amide bonds. The molecule has 0 N–H and O–H groups in total. The number of carbonyl (C=O) groups excluding carboxylic acids is 7. The van der Waals surface area contributed by atoms with Crippen LogP contribution in [0.1, 0.15) is 62.1 Å². The van der Waals surface area contributed by atoms with Gasteiger partial charge in [-0.15, -0.1) is 0 Å². The third kappa shape index (κ3) is 3.67. The summed E-state index contributed by atoms with van der Waals surface area (Å²) in [5.41, 5.74) is -0.673. The largest absolute Gasteiger partial charge is 0.519 e. The Morgan fingerprint density at radius 1 is 0.625 bits per heavy atom. The number of esters is 6. The van der Waals surface area contributed by atoms with Crippen LogP contribution in [0.3, 0.4) is 0 Å². The fourth-order valence-corrected chi connectivity index (χ4v) is 2.80. The smallest absolute Gasteiger partial charge is 0.424 e. The maximum Gasteiger partial charge on any atom is 0.519 e. The Hall–Kier alpha value is -4.87. The number of cyclic esters (lactones) is 4. The average molecular weight is 440 g/mol. The first-order chi connectivity index (χ1) is 15.2. The van der Waals surface area contributed by atoms with Gasteiger partial charge in [-0.05, 0) is 36.4 Å². The molecule has 0 aromatic heterocycles. The van der Waals surface area contributed by atoms with Crippen LogP contribution in [0.2, 0.25) is 0 Å². The van der Waals surface area contributed by atoms with Crippen molar-refractivity contribution in [3.63, 3.8) is 0 Å². The molecule has 0 fully saturated rings. The van der Waals surface area contributed by atoms with Crippen LogP contribution in [0.5, 0.6) is 0 Å². The molecule has 0 saturated heterocycles. The van der Waals surface area contributed by atoms with E-state index in [0.717, 1.165) is 24.3 Å². The lowest BCUT2D eigenvalue weighted by Gasteiger charge is -2.07. The average Bonchev–Trinajstić information content (AvgIpc) is 3.21. The van der Waals surface area contributed by atoms with E-state index in [9.17, 15) is 33.6 Å². The standard InChI is InChI=1S/C20H8O12/c21-14(8-1-3-10-12(5-8)18(25)30-16(10)23)28-7-29-20(27)32-15(22)9-2-4-11-13(6-9)19(26)31-17(11)24/h1-6H,7H2. The van der Waals surface area contributed by atoms with Gasteiger partial charge in [0.05, 0.1) is 33.4 Å². The van der Waals surface area contributed by atoms with Crippen molar-refractivity contribution in [3.8, 4) is 0 Å². The van der Waals surface area contributed by atoms with E-state index < -0.39 is 48.8 Å². The molecule has 2 heterocycles. The van der Waals surface area contributed by atoms with Gasteiger partial charge in [-0.1, -0.05) is 0 Å². The number of benzene rings is 2. The van der Waals surface area contributed by atoms with Crippen LogP contribution >= 0.6 is 0 Å². The van der Waals surface area contributed by atoms with Gasteiger partial charge in [0, 0.05) is 0 Å². The maximum atomic E-state index is 12.0. The van der Waals surface area contributed by atoms with E-state index in [1.807, 2.05) is 0 Å². The summed E-state index contributed by atoms with van der Waals surface area (Å²) in [6.07, 6.45) is -1.51. The van der Waals surface area contributed by atoms with Crippen molar-refractivity contribution < 1.29 is 57.2 Å². The van der Waals surface area contributed by atoms with Crippen LogP contribution in [-0.2, 0) is 23.7 Å². The van der Waals surface area contributed by atoms with Crippen LogP contribution in [0.25, 0.3) is 0 Å². The predicted molar refractivity (Wildman–Crippen MR) is 94.6 cm³/mol. The second kappa shape index (κ2) is 7.75. The molecule has 2 aliphatic rings. The summed E-state index contributed by atoms with van der Waals surface area (Å²) in [7, 11) is 0. The molecule has 32 heavy (non-hydrogen) atoms. The summed E-state index contributed by atoms with van der Waals surface area (Å²) < 4.78 is 22.3. The van der Waals surface area contributed by atoms with Gasteiger partial charge in [0.1, 0.15) is 0 Å². The zero-order valence-electron chi connectivity index (χ0n) is 15.6. The first-order valence-electron chi connectivity index (χ1n) is 8.62. The highest BCUT2D eigenvalue weighted by Crippen LogP contribution is 2.22. The fraction of sp³-hybridized carbons (Fsp3) is 0.0500. The SMILES string of the molecule is O=C(OCOC(=O)c1ccc2c(c1)C(=O)OC2=O)OC(=O)c1ccc2c(c1)C(=O)OC2=O. The topological polar surface area (TPSA) is 166 Å². The van der Waals surface area contributed by atoms with E-state index in [2.05, 4.69) is 23.7 Å². The van der Waals surface area contributed by atoms with E-state index in [4.69, 9.17) is 0 Å². The van der Waals surface area contributed by atoms with E-state index >= 15 is 0 Å². The van der Waals surface area contributed by atoms with Gasteiger partial charge in [0.15, 0.2) is 0 Å². The van der Waals surface area contributed by atoms with E-state index in [0.29, 0.717) is 0 Å². The van der Waals surface area contributed by atoms with Gasteiger partial charge in [-0.3, -0.25) is 0 Å². The minimum absolute atomic E-state index is 0.00549. The predicted octanol–water partition coefficient (Wildman–Crippen LogP) is 1.42. The van der Waals surface area contributed by atoms with Crippen LogP contribution in [0.15, 0.2) is 36.4 Å². The summed E-state index contributed by atoms with van der Waals surface area (Å²) >= 11 is 0. The molecule has 0 spiro atoms. The second-order valence-electron chi connectivity index (χ2n) is 6.21. The first kappa shape index (κ1) is 20.4. The molecule has 0 unspecified atom stereocenters. The van der Waals surface area contributed by atoms with Gasteiger partial charge in [0.25, 0.3) is 0 Å². The monoisotopic (exact) mass is 440 g/mol. The molecule has 2 aromatic rings. The van der Waals surface area contributed by atoms with Crippen LogP contribution in [0.4, 0.5) is 4.79 Å². The lowest BCUT2D eigenvalue weighted by atomic mass is 10.1. The number of fused-ring (bicyclic) bond motifs is 2. The Balaban J connectivity index is 1.30. The van der Waals surface area contributed by atoms with Crippen molar-refractivity contribution in [1.82, 2.24) is 0 Å². The minimum Gasteiger partial charge on any atom is -0.424 e. The number of hydrogen-bond donors (Lipinski definition) is 0. The molecule has 0 aliphatic carbocycles. The Bertz CT molecular complexity index is 1260. The van der Waals surface area contributed by atoms with Gasteiger partial charge in [0.2, 0.25) is 6.79 Å². The van der Waals surface area contributed by atoms with Gasteiger partial charge in [-0.25, -0.2) is 33.6 Å². The highest BCUT2D eigenvalue weighted by molar-refractivity contribution is 6.16. The molecule has 12 heteroatoms. The fourth-order valence-electron chi connectivity index (χ4n) is 2.80. The zero-order valence-corrected chi connectivity index (χ0v) is 15.6. The number of ether oxygens (including phenoxy) is 5. The molecule has 2 aromatic carbocycles. The third-order valence-electron chi connectivity index (χ3n) is 4.30. The first-order valence-corrected chi connectivity index (χ1v) is 8.62. The Morgan fingerprint density at radius 3 is 1.62 bits per heavy atom. The highest BCUT2D eigenvalue weighted by Gasteiger charge is 2.32. The minimum atomic E-state index is -1.51. The number of rotatable bonds is 4. The van der Waals surface area contributed by atoms with Crippen LogP contribution < -0.4 is 0 Å². The Morgan fingerprint density at radius 2 is 1.09 bits per heavy atom. The number of hydrogen-bond acceptors (Lipinski definition) is 12. The normalized spacial score (nSPS) is 13.6. The summed E-state index contributed by atoms with van der Waals surface area (Å²) in [6, 6.07) is 6.79. The van der Waals surface area contributed by atoms with Crippen molar-refractivity contribution in [1.29, 1.82) is 0 Å². The summed E-state index contributed by atoms with van der Waals surface area (Å²) in [4.78, 5) is 81.4. The quantitative estimate of drug-likeness (QED) is 0.291. The Labute approximate surface area is 176 Å². The molecule has 0 radical (unpaired) electrons. The van der Waals surface area contributed by atoms with Crippen LogP contribution in [0, 0.1) is 0 Å². The summed E-state index contributed by atoms with van der Waals surface area (Å²) in [5.74, 6) is -5.76. The maximum absolute atomic E-state index is 12.0. The van der Waals surface area contributed by atoms with Crippen molar-refractivity contribution in [2.75, 3.05) is 6.79 Å². The molecule has 0 atom stereocenters. The summed E-state index contributed by atoms with van der Waals surface area (Å²) in [5, 5.41) is 0. The van der Waals surface area contributed by atoms with Gasteiger partial charge in [-0.2, -0.15) is 0 Å². The van der Waals surface area contributed by atoms with Gasteiger partial charge < -0.3 is 23.7 Å². The molecular weight excluding hydrogens is 432 g/mol. The van der Waals surface area contributed by atoms with Gasteiger partial charge >= 0.3 is 42.0 Å². The van der Waals surface area contributed by atoms with Crippen molar-refractivity contribution in [2.24, 2.45) is 0 Å². The van der Waals surface area contributed by atoms with E-state index in [1.54, 1.807) is 0 Å². The van der Waals surface area contributed by atoms with E-state index in [1.165, 1.54) is 12.1 Å². The second-order valence-corrected chi connectivity index (χ2v) is 6.21. The molecule has 0 saturated carbocycles. The molecular formula is C20H8O12. The molecule has 160 valence electrons.